The average molecular weight is 259 g/mol. The molecule has 0 aromatic heterocycles. The molecule has 0 radical (unpaired) electrons. The van der Waals surface area contributed by atoms with Crippen LogP contribution in [0.3, 0.4) is 0 Å². The molecule has 2 rings (SSSR count). The monoisotopic (exact) mass is 259 g/mol. The summed E-state index contributed by atoms with van der Waals surface area (Å²) in [5.41, 5.74) is 2.09. The molecule has 1 aliphatic heterocycles. The molecule has 3 heteroatoms. The van der Waals surface area contributed by atoms with E-state index in [2.05, 4.69) is 35.9 Å². The van der Waals surface area contributed by atoms with Crippen LogP contribution in [-0.4, -0.2) is 54.8 Å². The summed E-state index contributed by atoms with van der Waals surface area (Å²) in [6.45, 7) is 6.82. The predicted octanol–water partition coefficient (Wildman–Crippen LogP) is 2.27. The molecule has 0 amide bonds. The average Bonchev–Trinajstić information content (AvgIpc) is 2.40. The molecule has 19 heavy (non-hydrogen) atoms. The molecule has 0 bridgehead atoms. The van der Waals surface area contributed by atoms with Crippen LogP contribution in [0, 0.1) is 5.41 Å². The summed E-state index contributed by atoms with van der Waals surface area (Å²) in [7, 11) is 2.18. The van der Waals surface area contributed by atoms with Gasteiger partial charge in [0.25, 0.3) is 0 Å². The number of nitrogens with zero attached hydrogens (tertiary/aromatic N) is 2. The first-order valence-corrected chi connectivity index (χ1v) is 7.18. The van der Waals surface area contributed by atoms with Gasteiger partial charge in [0.2, 0.25) is 0 Å². The summed E-state index contributed by atoms with van der Waals surface area (Å²) < 4.78 is 0. The molecule has 0 spiro atoms. The van der Waals surface area contributed by atoms with Crippen LogP contribution in [0.5, 0.6) is 0 Å². The molecule has 3 nitrogen and oxygen atoms in total. The Balaban J connectivity index is 1.78. The molecule has 1 aromatic carbocycles. The summed E-state index contributed by atoms with van der Waals surface area (Å²) in [6.07, 6.45) is 1.68. The Morgan fingerprint density at radius 2 is 1.79 bits per heavy atom. The molecule has 0 saturated carbocycles. The van der Waals surface area contributed by atoms with Crippen molar-refractivity contribution in [2.24, 2.45) is 0 Å². The van der Waals surface area contributed by atoms with E-state index in [1.165, 1.54) is 5.56 Å². The van der Waals surface area contributed by atoms with Gasteiger partial charge in [0.05, 0.1) is 0 Å². The van der Waals surface area contributed by atoms with Crippen LogP contribution in [0.15, 0.2) is 30.3 Å². The van der Waals surface area contributed by atoms with Crippen molar-refractivity contribution in [3.8, 4) is 0 Å². The van der Waals surface area contributed by atoms with Crippen molar-refractivity contribution in [2.75, 3.05) is 33.2 Å². The molecular formula is C16H25N3. The Morgan fingerprint density at radius 3 is 2.42 bits per heavy atom. The third kappa shape index (κ3) is 4.44. The number of rotatable bonds is 5. The second-order valence-electron chi connectivity index (χ2n) is 5.66. The highest BCUT2D eigenvalue weighted by Crippen LogP contribution is 2.11. The maximum Gasteiger partial charge on any atom is 0.0148 e. The molecule has 1 heterocycles. The largest absolute Gasteiger partial charge is 0.309 e. The number of hydrogen-bond donors (Lipinski definition) is 1. The van der Waals surface area contributed by atoms with E-state index in [0.717, 1.165) is 44.7 Å². The maximum atomic E-state index is 8.18. The highest BCUT2D eigenvalue weighted by molar-refractivity contribution is 5.84. The molecule has 104 valence electrons. The molecule has 1 unspecified atom stereocenters. The van der Waals surface area contributed by atoms with E-state index in [-0.39, 0.29) is 0 Å². The minimum Gasteiger partial charge on any atom is -0.309 e. The first-order chi connectivity index (χ1) is 9.15. The second kappa shape index (κ2) is 6.83. The minimum atomic E-state index is 0.491. The van der Waals surface area contributed by atoms with Gasteiger partial charge in [-0.1, -0.05) is 30.3 Å². The fourth-order valence-corrected chi connectivity index (χ4v) is 2.66. The van der Waals surface area contributed by atoms with Crippen LogP contribution in [0.2, 0.25) is 0 Å². The Hall–Kier alpha value is -1.19. The summed E-state index contributed by atoms with van der Waals surface area (Å²) in [5.74, 6) is 0. The van der Waals surface area contributed by atoms with Gasteiger partial charge in [-0.05, 0) is 19.5 Å². The molecule has 1 N–H and O–H groups in total. The highest BCUT2D eigenvalue weighted by Gasteiger charge is 2.19. The molecule has 0 aliphatic carbocycles. The topological polar surface area (TPSA) is 30.3 Å². The predicted molar refractivity (Wildman–Crippen MR) is 81.0 cm³/mol. The summed E-state index contributed by atoms with van der Waals surface area (Å²) in [4.78, 5) is 4.89. The molecule has 1 aromatic rings. The van der Waals surface area contributed by atoms with E-state index in [4.69, 9.17) is 5.41 Å². The van der Waals surface area contributed by atoms with Crippen LogP contribution in [-0.2, 0) is 6.42 Å². The van der Waals surface area contributed by atoms with Gasteiger partial charge in [-0.25, -0.2) is 0 Å². The standard InChI is InChI=1S/C16H25N3/c1-14(19-10-8-18(2)9-11-19)12-16(17)13-15-6-4-3-5-7-15/h3-7,14,17H,8-13H2,1-2H3. The lowest BCUT2D eigenvalue weighted by Crippen LogP contribution is -2.48. The molecular weight excluding hydrogens is 234 g/mol. The summed E-state index contributed by atoms with van der Waals surface area (Å²) in [6, 6.07) is 10.8. The Kier molecular flexibility index (Phi) is 5.11. The zero-order valence-corrected chi connectivity index (χ0v) is 12.1. The first kappa shape index (κ1) is 14.2. The van der Waals surface area contributed by atoms with E-state index in [1.807, 2.05) is 18.2 Å². The van der Waals surface area contributed by atoms with Crippen molar-refractivity contribution in [2.45, 2.75) is 25.8 Å². The van der Waals surface area contributed by atoms with Gasteiger partial charge in [0, 0.05) is 50.8 Å². The normalized spacial score (nSPS) is 19.3. The smallest absolute Gasteiger partial charge is 0.0148 e. The van der Waals surface area contributed by atoms with Crippen LogP contribution >= 0.6 is 0 Å². The number of piperazine rings is 1. The summed E-state index contributed by atoms with van der Waals surface area (Å²) >= 11 is 0. The third-order valence-electron chi connectivity index (χ3n) is 3.96. The van der Waals surface area contributed by atoms with Crippen molar-refractivity contribution < 1.29 is 0 Å². The maximum absolute atomic E-state index is 8.18. The van der Waals surface area contributed by atoms with E-state index in [0.29, 0.717) is 6.04 Å². The number of hydrogen-bond acceptors (Lipinski definition) is 3. The highest BCUT2D eigenvalue weighted by atomic mass is 15.3. The molecule has 1 fully saturated rings. The van der Waals surface area contributed by atoms with E-state index in [9.17, 15) is 0 Å². The van der Waals surface area contributed by atoms with Gasteiger partial charge in [-0.3, -0.25) is 4.90 Å². The molecule has 1 aliphatic rings. The first-order valence-electron chi connectivity index (χ1n) is 7.18. The lowest BCUT2D eigenvalue weighted by Gasteiger charge is -2.36. The van der Waals surface area contributed by atoms with E-state index < -0.39 is 0 Å². The van der Waals surface area contributed by atoms with Crippen LogP contribution in [0.25, 0.3) is 0 Å². The van der Waals surface area contributed by atoms with Gasteiger partial charge in [-0.2, -0.15) is 0 Å². The van der Waals surface area contributed by atoms with Crippen molar-refractivity contribution >= 4 is 5.71 Å². The summed E-state index contributed by atoms with van der Waals surface area (Å²) in [5, 5.41) is 8.18. The van der Waals surface area contributed by atoms with Crippen molar-refractivity contribution in [1.29, 1.82) is 5.41 Å². The van der Waals surface area contributed by atoms with Crippen molar-refractivity contribution in [1.82, 2.24) is 9.80 Å². The number of nitrogens with one attached hydrogen (secondary N) is 1. The second-order valence-corrected chi connectivity index (χ2v) is 5.66. The van der Waals surface area contributed by atoms with Gasteiger partial charge in [0.15, 0.2) is 0 Å². The lowest BCUT2D eigenvalue weighted by atomic mass is 10.0. The van der Waals surface area contributed by atoms with Crippen LogP contribution < -0.4 is 0 Å². The van der Waals surface area contributed by atoms with Gasteiger partial charge in [-0.15, -0.1) is 0 Å². The number of likely N-dealkylation sites (N-methyl/N-ethyl adjacent to an activating group) is 1. The zero-order chi connectivity index (χ0) is 13.7. The van der Waals surface area contributed by atoms with Crippen LogP contribution in [0.1, 0.15) is 18.9 Å². The minimum absolute atomic E-state index is 0.491. The molecule has 1 saturated heterocycles. The SMILES string of the molecule is CC(CC(=N)Cc1ccccc1)N1CCN(C)CC1. The third-order valence-corrected chi connectivity index (χ3v) is 3.96. The fraction of sp³-hybridized carbons (Fsp3) is 0.562. The zero-order valence-electron chi connectivity index (χ0n) is 12.1. The van der Waals surface area contributed by atoms with Gasteiger partial charge < -0.3 is 10.3 Å². The van der Waals surface area contributed by atoms with Gasteiger partial charge >= 0.3 is 0 Å². The fourth-order valence-electron chi connectivity index (χ4n) is 2.66. The van der Waals surface area contributed by atoms with E-state index in [1.54, 1.807) is 0 Å². The number of benzene rings is 1. The van der Waals surface area contributed by atoms with Crippen molar-refractivity contribution in [3.63, 3.8) is 0 Å². The Morgan fingerprint density at radius 1 is 1.16 bits per heavy atom. The van der Waals surface area contributed by atoms with Gasteiger partial charge in [0.1, 0.15) is 0 Å². The lowest BCUT2D eigenvalue weighted by molar-refractivity contribution is 0.121. The Bertz CT molecular complexity index is 394. The van der Waals surface area contributed by atoms with E-state index >= 15 is 0 Å². The van der Waals surface area contributed by atoms with Crippen molar-refractivity contribution in [3.05, 3.63) is 35.9 Å². The Labute approximate surface area is 116 Å². The van der Waals surface area contributed by atoms with Crippen LogP contribution in [0.4, 0.5) is 0 Å². The molecule has 1 atom stereocenters. The quantitative estimate of drug-likeness (QED) is 0.822.